The molecule has 1 aromatic carbocycles. The SMILES string of the molecule is O=C(O)CN1CCC(c2nc3ccccc3n2C2C[C@H]3CCC[C@@H](C2)N3C2C[C@H]3CCCC[C@@H](C2)C3)CC1. The molecular formula is C32H46N4O2. The van der Waals surface area contributed by atoms with Crippen LogP contribution in [0.4, 0.5) is 0 Å². The summed E-state index contributed by atoms with van der Waals surface area (Å²) in [6, 6.07) is 11.6. The molecule has 2 unspecified atom stereocenters. The van der Waals surface area contributed by atoms with Gasteiger partial charge in [0, 0.05) is 30.1 Å². The van der Waals surface area contributed by atoms with E-state index in [9.17, 15) is 9.90 Å². The standard InChI is InChI=1S/C32H46N4O2/c37-31(38)21-34-14-12-24(13-15-34)32-33-29-10-3-4-11-30(29)36(32)28-19-25-8-5-9-26(20-28)35(25)27-17-22-6-1-2-7-23(16-22)18-27/h3-4,10-11,22-28H,1-2,5-9,12-21H2,(H,37,38)/t22-,23+,25-,26+,27?,28?. The van der Waals surface area contributed by atoms with E-state index in [0.717, 1.165) is 61.4 Å². The van der Waals surface area contributed by atoms with Crippen molar-refractivity contribution in [1.29, 1.82) is 0 Å². The number of imidazole rings is 1. The number of hydrogen-bond donors (Lipinski definition) is 1. The number of aromatic nitrogens is 2. The zero-order valence-electron chi connectivity index (χ0n) is 23.0. The molecule has 5 aliphatic rings. The summed E-state index contributed by atoms with van der Waals surface area (Å²) in [4.78, 5) is 21.7. The molecule has 2 saturated carbocycles. The van der Waals surface area contributed by atoms with Gasteiger partial charge in [0.05, 0.1) is 17.6 Å². The van der Waals surface area contributed by atoms with Gasteiger partial charge in [-0.05, 0) is 94.8 Å². The van der Waals surface area contributed by atoms with Gasteiger partial charge in [0.1, 0.15) is 5.82 Å². The largest absolute Gasteiger partial charge is 0.480 e. The van der Waals surface area contributed by atoms with Crippen molar-refractivity contribution >= 4 is 17.0 Å². The van der Waals surface area contributed by atoms with Crippen LogP contribution in [0.25, 0.3) is 11.0 Å². The van der Waals surface area contributed by atoms with E-state index >= 15 is 0 Å². The van der Waals surface area contributed by atoms with Gasteiger partial charge in [0.15, 0.2) is 0 Å². The highest BCUT2D eigenvalue weighted by Crippen LogP contribution is 2.48. The Morgan fingerprint density at radius 1 is 0.789 bits per heavy atom. The molecule has 206 valence electrons. The Balaban J connectivity index is 1.14. The normalized spacial score (nSPS) is 35.3. The highest BCUT2D eigenvalue weighted by Gasteiger charge is 2.45. The molecular weight excluding hydrogens is 472 g/mol. The fourth-order valence-electron chi connectivity index (χ4n) is 9.58. The summed E-state index contributed by atoms with van der Waals surface area (Å²) in [5.41, 5.74) is 2.45. The Labute approximate surface area is 227 Å². The van der Waals surface area contributed by atoms with E-state index in [4.69, 9.17) is 4.98 Å². The summed E-state index contributed by atoms with van der Waals surface area (Å²) >= 11 is 0. The third-order valence-electron chi connectivity index (χ3n) is 11.1. The number of benzene rings is 1. The molecule has 4 bridgehead atoms. The molecule has 6 nitrogen and oxygen atoms in total. The number of para-hydroxylation sites is 2. The average Bonchev–Trinajstić information content (AvgIpc) is 3.21. The predicted octanol–water partition coefficient (Wildman–Crippen LogP) is 6.22. The zero-order valence-corrected chi connectivity index (χ0v) is 23.0. The van der Waals surface area contributed by atoms with Crippen LogP contribution < -0.4 is 0 Å². The van der Waals surface area contributed by atoms with Gasteiger partial charge in [-0.25, -0.2) is 4.98 Å². The molecule has 2 aliphatic carbocycles. The maximum atomic E-state index is 11.2. The van der Waals surface area contributed by atoms with Crippen molar-refractivity contribution in [2.24, 2.45) is 11.8 Å². The van der Waals surface area contributed by atoms with Crippen LogP contribution in [0.5, 0.6) is 0 Å². The summed E-state index contributed by atoms with van der Waals surface area (Å²) in [5, 5.41) is 9.25. The summed E-state index contributed by atoms with van der Waals surface area (Å²) < 4.78 is 2.68. The van der Waals surface area contributed by atoms with Gasteiger partial charge in [-0.1, -0.05) is 44.2 Å². The van der Waals surface area contributed by atoms with Crippen LogP contribution in [0.1, 0.15) is 108 Å². The first-order valence-electron chi connectivity index (χ1n) is 15.8. The van der Waals surface area contributed by atoms with Gasteiger partial charge in [0.2, 0.25) is 0 Å². The van der Waals surface area contributed by atoms with Crippen molar-refractivity contribution in [3.63, 3.8) is 0 Å². The number of carboxylic acids is 1. The van der Waals surface area contributed by atoms with Gasteiger partial charge in [-0.3, -0.25) is 14.6 Å². The van der Waals surface area contributed by atoms with Crippen molar-refractivity contribution in [3.8, 4) is 0 Å². The van der Waals surface area contributed by atoms with E-state index in [2.05, 4.69) is 38.6 Å². The molecule has 5 fully saturated rings. The first-order chi connectivity index (χ1) is 18.6. The minimum atomic E-state index is -0.716. The van der Waals surface area contributed by atoms with E-state index in [1.807, 2.05) is 0 Å². The third kappa shape index (κ3) is 4.81. The van der Waals surface area contributed by atoms with Crippen molar-refractivity contribution in [2.75, 3.05) is 19.6 Å². The molecule has 7 rings (SSSR count). The molecule has 2 aromatic rings. The molecule has 1 aromatic heterocycles. The van der Waals surface area contributed by atoms with E-state index in [1.54, 1.807) is 0 Å². The first-order valence-corrected chi connectivity index (χ1v) is 15.8. The molecule has 3 saturated heterocycles. The third-order valence-corrected chi connectivity index (χ3v) is 11.1. The fourth-order valence-corrected chi connectivity index (χ4v) is 9.58. The minimum Gasteiger partial charge on any atom is -0.480 e. The van der Waals surface area contributed by atoms with Crippen molar-refractivity contribution < 1.29 is 9.90 Å². The Morgan fingerprint density at radius 3 is 2.16 bits per heavy atom. The second-order valence-corrected chi connectivity index (χ2v) is 13.5. The predicted molar refractivity (Wildman–Crippen MR) is 150 cm³/mol. The summed E-state index contributed by atoms with van der Waals surface area (Å²) in [6.07, 6.45) is 19.0. The number of hydrogen-bond acceptors (Lipinski definition) is 4. The van der Waals surface area contributed by atoms with Gasteiger partial charge in [-0.15, -0.1) is 0 Å². The second kappa shape index (κ2) is 10.6. The monoisotopic (exact) mass is 518 g/mol. The van der Waals surface area contributed by atoms with Crippen LogP contribution in [0, 0.1) is 11.8 Å². The van der Waals surface area contributed by atoms with Crippen molar-refractivity contribution in [2.45, 2.75) is 120 Å². The van der Waals surface area contributed by atoms with E-state index in [0.29, 0.717) is 12.0 Å². The van der Waals surface area contributed by atoms with Crippen LogP contribution in [-0.4, -0.2) is 68.2 Å². The van der Waals surface area contributed by atoms with Crippen LogP contribution >= 0.6 is 0 Å². The van der Waals surface area contributed by atoms with E-state index in [1.165, 1.54) is 88.4 Å². The minimum absolute atomic E-state index is 0.161. The Hall–Kier alpha value is -1.92. The Kier molecular flexibility index (Phi) is 6.98. The van der Waals surface area contributed by atoms with Crippen molar-refractivity contribution in [1.82, 2.24) is 19.4 Å². The number of carboxylic acid groups (broad SMARTS) is 1. The number of likely N-dealkylation sites (tertiary alicyclic amines) is 1. The highest BCUT2D eigenvalue weighted by molar-refractivity contribution is 5.76. The summed E-state index contributed by atoms with van der Waals surface area (Å²) in [7, 11) is 0. The number of piperidine rings is 3. The van der Waals surface area contributed by atoms with Crippen LogP contribution in [0.15, 0.2) is 24.3 Å². The topological polar surface area (TPSA) is 61.6 Å². The maximum Gasteiger partial charge on any atom is 0.317 e. The van der Waals surface area contributed by atoms with E-state index < -0.39 is 5.97 Å². The van der Waals surface area contributed by atoms with Crippen LogP contribution in [0.3, 0.4) is 0 Å². The number of rotatable bonds is 5. The van der Waals surface area contributed by atoms with Gasteiger partial charge in [0.25, 0.3) is 0 Å². The molecule has 4 heterocycles. The second-order valence-electron chi connectivity index (χ2n) is 13.5. The Morgan fingerprint density at radius 2 is 1.47 bits per heavy atom. The molecule has 6 heteroatoms. The molecule has 38 heavy (non-hydrogen) atoms. The number of carbonyl (C=O) groups is 1. The lowest BCUT2D eigenvalue weighted by atomic mass is 9.73. The lowest BCUT2D eigenvalue weighted by Gasteiger charge is -2.55. The zero-order chi connectivity index (χ0) is 25.6. The maximum absolute atomic E-state index is 11.2. The summed E-state index contributed by atoms with van der Waals surface area (Å²) in [6.45, 7) is 1.87. The Bertz CT molecular complexity index is 1110. The molecule has 3 aliphatic heterocycles. The van der Waals surface area contributed by atoms with Crippen molar-refractivity contribution in [3.05, 3.63) is 30.1 Å². The molecule has 0 spiro atoms. The molecule has 0 amide bonds. The van der Waals surface area contributed by atoms with Gasteiger partial charge < -0.3 is 9.67 Å². The summed E-state index contributed by atoms with van der Waals surface area (Å²) in [5.74, 6) is 2.95. The quantitative estimate of drug-likeness (QED) is 0.509. The van der Waals surface area contributed by atoms with E-state index in [-0.39, 0.29) is 6.54 Å². The van der Waals surface area contributed by atoms with Gasteiger partial charge in [-0.2, -0.15) is 0 Å². The van der Waals surface area contributed by atoms with Crippen LogP contribution in [-0.2, 0) is 4.79 Å². The number of aliphatic carboxylic acids is 1. The average molecular weight is 519 g/mol. The van der Waals surface area contributed by atoms with Gasteiger partial charge >= 0.3 is 5.97 Å². The first kappa shape index (κ1) is 25.1. The fraction of sp³-hybridized carbons (Fsp3) is 0.750. The number of nitrogens with zero attached hydrogens (tertiary/aromatic N) is 4. The lowest BCUT2D eigenvalue weighted by molar-refractivity contribution is -0.138. The molecule has 6 atom stereocenters. The highest BCUT2D eigenvalue weighted by atomic mass is 16.4. The molecule has 1 N–H and O–H groups in total. The smallest absolute Gasteiger partial charge is 0.317 e. The lowest BCUT2D eigenvalue weighted by Crippen LogP contribution is -2.58. The van der Waals surface area contributed by atoms with Crippen LogP contribution in [0.2, 0.25) is 0 Å². The molecule has 0 radical (unpaired) electrons. The number of fused-ring (bicyclic) bond motifs is 5.